The van der Waals surface area contributed by atoms with Gasteiger partial charge < -0.3 is 4.74 Å². The lowest BCUT2D eigenvalue weighted by atomic mass is 10.1. The molecular weight excluding hydrogens is 418 g/mol. The second-order valence-electron chi connectivity index (χ2n) is 7.55. The molecule has 0 radical (unpaired) electrons. The molecule has 0 N–H and O–H groups in total. The highest BCUT2D eigenvalue weighted by Gasteiger charge is 2.22. The van der Waals surface area contributed by atoms with Crippen LogP contribution in [0.4, 0.5) is 5.13 Å². The SMILES string of the molecule is Cc1cc(Cl)cc2sc(N(CCN3CCOCC3)C(=O)CCc3ccccc3)nc12. The van der Waals surface area contributed by atoms with Gasteiger partial charge in [-0.3, -0.25) is 14.6 Å². The molecule has 158 valence electrons. The molecule has 1 aliphatic rings. The number of carbonyl (C=O) groups is 1. The van der Waals surface area contributed by atoms with Crippen molar-refractivity contribution in [3.8, 4) is 0 Å². The van der Waals surface area contributed by atoms with E-state index in [1.807, 2.05) is 42.2 Å². The molecule has 1 fully saturated rings. The van der Waals surface area contributed by atoms with Crippen molar-refractivity contribution >= 4 is 44.2 Å². The summed E-state index contributed by atoms with van der Waals surface area (Å²) in [6.07, 6.45) is 1.19. The quantitative estimate of drug-likeness (QED) is 0.537. The van der Waals surface area contributed by atoms with Gasteiger partial charge in [0.25, 0.3) is 0 Å². The molecule has 4 rings (SSSR count). The maximum atomic E-state index is 13.2. The maximum Gasteiger partial charge on any atom is 0.229 e. The van der Waals surface area contributed by atoms with E-state index in [1.54, 1.807) is 0 Å². The van der Waals surface area contributed by atoms with E-state index in [-0.39, 0.29) is 5.91 Å². The summed E-state index contributed by atoms with van der Waals surface area (Å²) in [5, 5.41) is 1.45. The highest BCUT2D eigenvalue weighted by Crippen LogP contribution is 2.33. The van der Waals surface area contributed by atoms with Crippen LogP contribution >= 0.6 is 22.9 Å². The first-order valence-corrected chi connectivity index (χ1v) is 11.5. The Labute approximate surface area is 186 Å². The zero-order chi connectivity index (χ0) is 20.9. The molecule has 0 spiro atoms. The number of thiazole rings is 1. The standard InChI is InChI=1S/C23H26ClN3O2S/c1-17-15-19(24)16-20-22(17)25-23(30-20)27(10-9-26-11-13-29-14-12-26)21(28)8-7-18-5-3-2-4-6-18/h2-6,15-16H,7-14H2,1H3. The van der Waals surface area contributed by atoms with Crippen molar-refractivity contribution in [2.24, 2.45) is 0 Å². The number of aryl methyl sites for hydroxylation is 2. The van der Waals surface area contributed by atoms with E-state index in [9.17, 15) is 4.79 Å². The van der Waals surface area contributed by atoms with Gasteiger partial charge in [0.15, 0.2) is 5.13 Å². The van der Waals surface area contributed by atoms with Crippen LogP contribution in [0.3, 0.4) is 0 Å². The summed E-state index contributed by atoms with van der Waals surface area (Å²) in [5.74, 6) is 0.106. The van der Waals surface area contributed by atoms with Gasteiger partial charge in [-0.05, 0) is 36.6 Å². The fraction of sp³-hybridized carbons (Fsp3) is 0.391. The van der Waals surface area contributed by atoms with Gasteiger partial charge in [-0.15, -0.1) is 0 Å². The van der Waals surface area contributed by atoms with Gasteiger partial charge in [0.1, 0.15) is 0 Å². The molecule has 0 bridgehead atoms. The molecule has 1 aliphatic heterocycles. The van der Waals surface area contributed by atoms with Gasteiger partial charge in [0, 0.05) is 37.6 Å². The molecule has 1 aromatic heterocycles. The van der Waals surface area contributed by atoms with Crippen molar-refractivity contribution in [3.05, 3.63) is 58.6 Å². The number of nitrogens with zero attached hydrogens (tertiary/aromatic N) is 3. The summed E-state index contributed by atoms with van der Waals surface area (Å²) in [6.45, 7) is 6.76. The van der Waals surface area contributed by atoms with E-state index < -0.39 is 0 Å². The first kappa shape index (κ1) is 21.2. The monoisotopic (exact) mass is 443 g/mol. The molecule has 1 amide bonds. The highest BCUT2D eigenvalue weighted by atomic mass is 35.5. The van der Waals surface area contributed by atoms with Crippen molar-refractivity contribution in [3.63, 3.8) is 0 Å². The van der Waals surface area contributed by atoms with E-state index in [0.717, 1.165) is 60.2 Å². The first-order chi connectivity index (χ1) is 14.6. The highest BCUT2D eigenvalue weighted by molar-refractivity contribution is 7.22. The fourth-order valence-corrected chi connectivity index (χ4v) is 5.15. The molecule has 30 heavy (non-hydrogen) atoms. The Balaban J connectivity index is 1.54. The van der Waals surface area contributed by atoms with Crippen LogP contribution in [0.1, 0.15) is 17.5 Å². The smallest absolute Gasteiger partial charge is 0.229 e. The average molecular weight is 444 g/mol. The maximum absolute atomic E-state index is 13.2. The molecule has 2 aromatic carbocycles. The van der Waals surface area contributed by atoms with Gasteiger partial charge in [-0.2, -0.15) is 0 Å². The van der Waals surface area contributed by atoms with Crippen LogP contribution in [-0.2, 0) is 16.0 Å². The summed E-state index contributed by atoms with van der Waals surface area (Å²) in [4.78, 5) is 22.3. The van der Waals surface area contributed by atoms with Crippen LogP contribution in [0.25, 0.3) is 10.2 Å². The average Bonchev–Trinajstić information content (AvgIpc) is 3.18. The van der Waals surface area contributed by atoms with E-state index in [1.165, 1.54) is 16.9 Å². The van der Waals surface area contributed by atoms with Gasteiger partial charge in [-0.1, -0.05) is 53.3 Å². The molecule has 0 unspecified atom stereocenters. The molecule has 0 saturated carbocycles. The Morgan fingerprint density at radius 3 is 2.77 bits per heavy atom. The van der Waals surface area contributed by atoms with Crippen LogP contribution in [0.15, 0.2) is 42.5 Å². The van der Waals surface area contributed by atoms with E-state index >= 15 is 0 Å². The minimum absolute atomic E-state index is 0.106. The summed E-state index contributed by atoms with van der Waals surface area (Å²) in [6, 6.07) is 14.0. The number of carbonyl (C=O) groups excluding carboxylic acids is 1. The fourth-order valence-electron chi connectivity index (χ4n) is 3.68. The summed E-state index contributed by atoms with van der Waals surface area (Å²) < 4.78 is 6.46. The van der Waals surface area contributed by atoms with Crippen molar-refractivity contribution in [2.45, 2.75) is 19.8 Å². The lowest BCUT2D eigenvalue weighted by Gasteiger charge is -2.29. The van der Waals surface area contributed by atoms with Crippen LogP contribution < -0.4 is 4.90 Å². The van der Waals surface area contributed by atoms with Crippen molar-refractivity contribution in [1.29, 1.82) is 0 Å². The number of fused-ring (bicyclic) bond motifs is 1. The molecule has 1 saturated heterocycles. The Morgan fingerprint density at radius 1 is 1.23 bits per heavy atom. The zero-order valence-corrected chi connectivity index (χ0v) is 18.7. The van der Waals surface area contributed by atoms with Crippen LogP contribution in [0.5, 0.6) is 0 Å². The Kier molecular flexibility index (Phi) is 7.00. The molecule has 0 aliphatic carbocycles. The number of hydrogen-bond donors (Lipinski definition) is 0. The molecule has 7 heteroatoms. The van der Waals surface area contributed by atoms with Crippen LogP contribution in [-0.4, -0.2) is 55.2 Å². The number of aromatic nitrogens is 1. The van der Waals surface area contributed by atoms with Gasteiger partial charge >= 0.3 is 0 Å². The molecule has 0 atom stereocenters. The number of anilines is 1. The third-order valence-electron chi connectivity index (χ3n) is 5.38. The van der Waals surface area contributed by atoms with Crippen molar-refractivity contribution in [2.75, 3.05) is 44.3 Å². The minimum atomic E-state index is 0.106. The first-order valence-electron chi connectivity index (χ1n) is 10.3. The normalized spacial score (nSPS) is 14.9. The van der Waals surface area contributed by atoms with E-state index in [2.05, 4.69) is 17.0 Å². The lowest BCUT2D eigenvalue weighted by molar-refractivity contribution is -0.118. The third-order valence-corrected chi connectivity index (χ3v) is 6.63. The number of rotatable bonds is 7. The Hall–Kier alpha value is -1.99. The van der Waals surface area contributed by atoms with Crippen molar-refractivity contribution < 1.29 is 9.53 Å². The largest absolute Gasteiger partial charge is 0.379 e. The topological polar surface area (TPSA) is 45.7 Å². The summed E-state index contributed by atoms with van der Waals surface area (Å²) in [5.41, 5.74) is 3.13. The number of hydrogen-bond acceptors (Lipinski definition) is 5. The molecule has 3 aromatic rings. The summed E-state index contributed by atoms with van der Waals surface area (Å²) in [7, 11) is 0. The number of amides is 1. The van der Waals surface area contributed by atoms with Crippen molar-refractivity contribution in [1.82, 2.24) is 9.88 Å². The minimum Gasteiger partial charge on any atom is -0.379 e. The molecular formula is C23H26ClN3O2S. The van der Waals surface area contributed by atoms with E-state index in [0.29, 0.717) is 18.0 Å². The van der Waals surface area contributed by atoms with Gasteiger partial charge in [0.05, 0.1) is 23.4 Å². The number of benzene rings is 2. The number of halogens is 1. The van der Waals surface area contributed by atoms with Gasteiger partial charge in [-0.25, -0.2) is 4.98 Å². The second kappa shape index (κ2) is 9.88. The number of ether oxygens (including phenoxy) is 1. The predicted octanol–water partition coefficient (Wildman–Crippen LogP) is 4.56. The Bertz CT molecular complexity index is 1000. The Morgan fingerprint density at radius 2 is 2.00 bits per heavy atom. The summed E-state index contributed by atoms with van der Waals surface area (Å²) >= 11 is 7.77. The van der Waals surface area contributed by atoms with Crippen LogP contribution in [0, 0.1) is 6.92 Å². The predicted molar refractivity (Wildman–Crippen MR) is 124 cm³/mol. The lowest BCUT2D eigenvalue weighted by Crippen LogP contribution is -2.43. The van der Waals surface area contributed by atoms with Gasteiger partial charge in [0.2, 0.25) is 5.91 Å². The second-order valence-corrected chi connectivity index (χ2v) is 9.00. The molecule has 2 heterocycles. The molecule has 5 nitrogen and oxygen atoms in total. The van der Waals surface area contributed by atoms with Crippen LogP contribution in [0.2, 0.25) is 5.02 Å². The number of morpholine rings is 1. The zero-order valence-electron chi connectivity index (χ0n) is 17.1. The third kappa shape index (κ3) is 5.19. The van der Waals surface area contributed by atoms with E-state index in [4.69, 9.17) is 21.3 Å².